The standard InChI is InChI=1S/C13H20N2O2/c1-9(2)5-4-8-15-13(17)10-6-3-7-11(14)12(10)16/h3,6-7,9,16H,4-5,8,14H2,1-2H3,(H,15,17). The minimum atomic E-state index is -0.279. The molecule has 0 unspecified atom stereocenters. The minimum Gasteiger partial charge on any atom is -0.505 e. The Bertz CT molecular complexity index is 389. The smallest absolute Gasteiger partial charge is 0.255 e. The number of nitrogens with one attached hydrogen (secondary N) is 1. The van der Waals surface area contributed by atoms with Crippen molar-refractivity contribution in [3.8, 4) is 5.75 Å². The second kappa shape index (κ2) is 6.13. The number of anilines is 1. The summed E-state index contributed by atoms with van der Waals surface area (Å²) in [7, 11) is 0. The molecular formula is C13H20N2O2. The van der Waals surface area contributed by atoms with E-state index in [1.54, 1.807) is 18.2 Å². The molecule has 1 aromatic carbocycles. The molecule has 1 rings (SSSR count). The first kappa shape index (κ1) is 13.4. The topological polar surface area (TPSA) is 75.4 Å². The lowest BCUT2D eigenvalue weighted by molar-refractivity contribution is 0.0950. The number of rotatable bonds is 5. The Labute approximate surface area is 102 Å². The monoisotopic (exact) mass is 236 g/mol. The summed E-state index contributed by atoms with van der Waals surface area (Å²) in [6.45, 7) is 4.91. The fourth-order valence-electron chi connectivity index (χ4n) is 1.55. The quantitative estimate of drug-likeness (QED) is 0.416. The van der Waals surface area contributed by atoms with Gasteiger partial charge < -0.3 is 16.2 Å². The molecule has 4 N–H and O–H groups in total. The van der Waals surface area contributed by atoms with E-state index < -0.39 is 0 Å². The number of hydrogen-bond acceptors (Lipinski definition) is 3. The third-order valence-corrected chi connectivity index (χ3v) is 2.56. The normalized spacial score (nSPS) is 10.5. The fraction of sp³-hybridized carbons (Fsp3) is 0.462. The van der Waals surface area contributed by atoms with Gasteiger partial charge >= 0.3 is 0 Å². The molecular weight excluding hydrogens is 216 g/mol. The van der Waals surface area contributed by atoms with Gasteiger partial charge in [-0.1, -0.05) is 19.9 Å². The molecule has 94 valence electrons. The van der Waals surface area contributed by atoms with Gasteiger partial charge in [-0.2, -0.15) is 0 Å². The van der Waals surface area contributed by atoms with Gasteiger partial charge in [0.15, 0.2) is 5.75 Å². The summed E-state index contributed by atoms with van der Waals surface area (Å²) < 4.78 is 0. The first-order valence-corrected chi connectivity index (χ1v) is 5.88. The highest BCUT2D eigenvalue weighted by Gasteiger charge is 2.11. The van der Waals surface area contributed by atoms with E-state index in [9.17, 15) is 9.90 Å². The summed E-state index contributed by atoms with van der Waals surface area (Å²) in [5.41, 5.74) is 5.98. The zero-order chi connectivity index (χ0) is 12.8. The second-order valence-electron chi connectivity index (χ2n) is 4.54. The van der Waals surface area contributed by atoms with Gasteiger partial charge in [0.1, 0.15) is 0 Å². The molecule has 0 spiro atoms. The number of para-hydroxylation sites is 1. The molecule has 1 amide bonds. The van der Waals surface area contributed by atoms with E-state index in [0.717, 1.165) is 12.8 Å². The van der Waals surface area contributed by atoms with Gasteiger partial charge in [-0.3, -0.25) is 4.79 Å². The lowest BCUT2D eigenvalue weighted by Gasteiger charge is -2.09. The van der Waals surface area contributed by atoms with Crippen molar-refractivity contribution in [2.45, 2.75) is 26.7 Å². The summed E-state index contributed by atoms with van der Waals surface area (Å²) in [5, 5.41) is 12.4. The molecule has 0 saturated carbocycles. The number of hydrogen-bond donors (Lipinski definition) is 3. The lowest BCUT2D eigenvalue weighted by atomic mass is 10.1. The number of carbonyl (C=O) groups is 1. The average Bonchev–Trinajstić information content (AvgIpc) is 2.27. The molecule has 4 heteroatoms. The Morgan fingerprint density at radius 3 is 2.82 bits per heavy atom. The number of nitrogens with two attached hydrogens (primary N) is 1. The Kier molecular flexibility index (Phi) is 4.82. The van der Waals surface area contributed by atoms with Crippen molar-refractivity contribution in [3.63, 3.8) is 0 Å². The molecule has 0 bridgehead atoms. The van der Waals surface area contributed by atoms with Gasteiger partial charge in [0.05, 0.1) is 11.3 Å². The van der Waals surface area contributed by atoms with Gasteiger partial charge in [0.25, 0.3) is 5.91 Å². The molecule has 0 heterocycles. The van der Waals surface area contributed by atoms with Crippen LogP contribution in [-0.4, -0.2) is 17.6 Å². The molecule has 0 aliphatic rings. The van der Waals surface area contributed by atoms with E-state index in [0.29, 0.717) is 12.5 Å². The van der Waals surface area contributed by atoms with Crippen LogP contribution in [0.1, 0.15) is 37.0 Å². The van der Waals surface area contributed by atoms with Gasteiger partial charge in [-0.25, -0.2) is 0 Å². The molecule has 0 fully saturated rings. The SMILES string of the molecule is CC(C)CCCNC(=O)c1cccc(N)c1O. The van der Waals surface area contributed by atoms with E-state index in [1.165, 1.54) is 0 Å². The van der Waals surface area contributed by atoms with Gasteiger partial charge in [0, 0.05) is 6.54 Å². The van der Waals surface area contributed by atoms with E-state index in [1.807, 2.05) is 0 Å². The van der Waals surface area contributed by atoms with Crippen molar-refractivity contribution in [2.24, 2.45) is 5.92 Å². The van der Waals surface area contributed by atoms with E-state index >= 15 is 0 Å². The summed E-state index contributed by atoms with van der Waals surface area (Å²) in [5.74, 6) is 0.208. The van der Waals surface area contributed by atoms with Crippen LogP contribution in [0.2, 0.25) is 0 Å². The molecule has 0 aliphatic carbocycles. The minimum absolute atomic E-state index is 0.145. The number of phenolic OH excluding ortho intramolecular Hbond substituents is 1. The average molecular weight is 236 g/mol. The van der Waals surface area contributed by atoms with Crippen LogP contribution in [0.15, 0.2) is 18.2 Å². The Morgan fingerprint density at radius 2 is 2.18 bits per heavy atom. The highest BCUT2D eigenvalue weighted by atomic mass is 16.3. The molecule has 0 saturated heterocycles. The van der Waals surface area contributed by atoms with Crippen LogP contribution in [0.3, 0.4) is 0 Å². The molecule has 0 atom stereocenters. The summed E-state index contributed by atoms with van der Waals surface area (Å²) in [6.07, 6.45) is 2.01. The Hall–Kier alpha value is -1.71. The van der Waals surface area contributed by atoms with Crippen molar-refractivity contribution < 1.29 is 9.90 Å². The van der Waals surface area contributed by atoms with E-state index in [-0.39, 0.29) is 22.9 Å². The van der Waals surface area contributed by atoms with Crippen LogP contribution in [0, 0.1) is 5.92 Å². The van der Waals surface area contributed by atoms with Crippen LogP contribution < -0.4 is 11.1 Å². The first-order valence-electron chi connectivity index (χ1n) is 5.88. The van der Waals surface area contributed by atoms with Gasteiger partial charge in [-0.15, -0.1) is 0 Å². The Morgan fingerprint density at radius 1 is 1.47 bits per heavy atom. The van der Waals surface area contributed by atoms with Crippen molar-refractivity contribution in [2.75, 3.05) is 12.3 Å². The van der Waals surface area contributed by atoms with Crippen molar-refractivity contribution in [1.29, 1.82) is 0 Å². The van der Waals surface area contributed by atoms with Crippen LogP contribution in [-0.2, 0) is 0 Å². The molecule has 0 aliphatic heterocycles. The van der Waals surface area contributed by atoms with Crippen molar-refractivity contribution >= 4 is 11.6 Å². The maximum absolute atomic E-state index is 11.7. The zero-order valence-corrected chi connectivity index (χ0v) is 10.4. The number of phenols is 1. The highest BCUT2D eigenvalue weighted by molar-refractivity contribution is 5.98. The summed E-state index contributed by atoms with van der Waals surface area (Å²) in [4.78, 5) is 11.7. The predicted molar refractivity (Wildman–Crippen MR) is 68.9 cm³/mol. The third-order valence-electron chi connectivity index (χ3n) is 2.56. The van der Waals surface area contributed by atoms with Crippen molar-refractivity contribution in [3.05, 3.63) is 23.8 Å². The third kappa shape index (κ3) is 3.98. The van der Waals surface area contributed by atoms with Crippen LogP contribution in [0.25, 0.3) is 0 Å². The fourth-order valence-corrected chi connectivity index (χ4v) is 1.55. The van der Waals surface area contributed by atoms with Crippen LogP contribution in [0.4, 0.5) is 5.69 Å². The van der Waals surface area contributed by atoms with Gasteiger partial charge in [-0.05, 0) is 30.9 Å². The number of aromatic hydroxyl groups is 1. The van der Waals surface area contributed by atoms with E-state index in [2.05, 4.69) is 19.2 Å². The van der Waals surface area contributed by atoms with Crippen molar-refractivity contribution in [1.82, 2.24) is 5.32 Å². The largest absolute Gasteiger partial charge is 0.505 e. The van der Waals surface area contributed by atoms with E-state index in [4.69, 9.17) is 5.73 Å². The molecule has 0 radical (unpaired) electrons. The highest BCUT2D eigenvalue weighted by Crippen LogP contribution is 2.23. The first-order chi connectivity index (χ1) is 8.02. The lowest BCUT2D eigenvalue weighted by Crippen LogP contribution is -2.24. The summed E-state index contributed by atoms with van der Waals surface area (Å²) >= 11 is 0. The van der Waals surface area contributed by atoms with Crippen LogP contribution in [0.5, 0.6) is 5.75 Å². The molecule has 17 heavy (non-hydrogen) atoms. The summed E-state index contributed by atoms with van der Waals surface area (Å²) in [6, 6.07) is 4.77. The zero-order valence-electron chi connectivity index (χ0n) is 10.4. The maximum atomic E-state index is 11.7. The molecule has 4 nitrogen and oxygen atoms in total. The number of carbonyl (C=O) groups excluding carboxylic acids is 1. The number of amides is 1. The molecule has 1 aromatic rings. The number of benzene rings is 1. The van der Waals surface area contributed by atoms with Crippen LogP contribution >= 0.6 is 0 Å². The molecule has 0 aromatic heterocycles. The number of nitrogen functional groups attached to an aromatic ring is 1. The van der Waals surface area contributed by atoms with Gasteiger partial charge in [0.2, 0.25) is 0 Å². The second-order valence-corrected chi connectivity index (χ2v) is 4.54. The Balaban J connectivity index is 2.50. The maximum Gasteiger partial charge on any atom is 0.255 e. The predicted octanol–water partition coefficient (Wildman–Crippen LogP) is 2.14.